The van der Waals surface area contributed by atoms with Crippen LogP contribution >= 0.6 is 31.9 Å². The number of ether oxygens (including phenoxy) is 2. The average molecular weight is 605 g/mol. The van der Waals surface area contributed by atoms with E-state index in [1.54, 1.807) is 13.3 Å². The summed E-state index contributed by atoms with van der Waals surface area (Å²) in [6.45, 7) is 6.90. The number of methoxy groups -OCH3 is 1. The van der Waals surface area contributed by atoms with E-state index < -0.39 is 0 Å². The molecule has 0 amide bonds. The van der Waals surface area contributed by atoms with Crippen LogP contribution in [-0.2, 0) is 0 Å². The lowest BCUT2D eigenvalue weighted by Gasteiger charge is -2.23. The molecule has 4 rings (SSSR count). The number of nitrogens with zero attached hydrogens (tertiary/aromatic N) is 3. The van der Waals surface area contributed by atoms with Gasteiger partial charge >= 0.3 is 0 Å². The number of fused-ring (bicyclic) bond motifs is 1. The zero-order valence-electron chi connectivity index (χ0n) is 20.6. The van der Waals surface area contributed by atoms with Gasteiger partial charge in [-0.1, -0.05) is 56.0 Å². The van der Waals surface area contributed by atoms with Gasteiger partial charge in [0.25, 0.3) is 5.56 Å². The largest absolute Gasteiger partial charge is 0.493 e. The Hall–Kier alpha value is -2.19. The van der Waals surface area contributed by atoms with E-state index in [4.69, 9.17) is 14.5 Å². The van der Waals surface area contributed by atoms with Gasteiger partial charge in [-0.25, -0.2) is 4.98 Å². The Morgan fingerprint density at radius 2 is 1.89 bits per heavy atom. The Labute approximate surface area is 223 Å². The molecule has 1 aliphatic rings. The Bertz CT molecular complexity index is 1310. The first-order valence-corrected chi connectivity index (χ1v) is 13.5. The molecule has 0 N–H and O–H groups in total. The van der Waals surface area contributed by atoms with Gasteiger partial charge in [0.05, 0.1) is 35.3 Å². The molecule has 0 unspecified atom stereocenters. The van der Waals surface area contributed by atoms with Crippen LogP contribution in [0.4, 0.5) is 0 Å². The number of benzene rings is 2. The van der Waals surface area contributed by atoms with Crippen molar-refractivity contribution in [3.8, 4) is 11.5 Å². The molecule has 1 saturated carbocycles. The summed E-state index contributed by atoms with van der Waals surface area (Å²) in [5.74, 6) is 2.20. The number of hydrogen-bond acceptors (Lipinski definition) is 5. The highest BCUT2D eigenvalue weighted by atomic mass is 79.9. The Morgan fingerprint density at radius 3 is 2.57 bits per heavy atom. The summed E-state index contributed by atoms with van der Waals surface area (Å²) in [4.78, 5) is 18.4. The van der Waals surface area contributed by atoms with Crippen LogP contribution in [0.5, 0.6) is 11.5 Å². The molecule has 0 radical (unpaired) electrons. The van der Waals surface area contributed by atoms with Crippen molar-refractivity contribution in [2.45, 2.75) is 58.8 Å². The maximum Gasteiger partial charge on any atom is 0.282 e. The van der Waals surface area contributed by atoms with Crippen molar-refractivity contribution >= 4 is 49.0 Å². The van der Waals surface area contributed by atoms with Gasteiger partial charge < -0.3 is 9.47 Å². The molecule has 0 saturated heterocycles. The predicted octanol–water partition coefficient (Wildman–Crippen LogP) is 7.28. The lowest BCUT2D eigenvalue weighted by molar-refractivity contribution is 0.190. The van der Waals surface area contributed by atoms with E-state index in [9.17, 15) is 4.79 Å². The maximum absolute atomic E-state index is 13.5. The summed E-state index contributed by atoms with van der Waals surface area (Å²) < 4.78 is 14.7. The molecule has 1 heterocycles. The highest BCUT2D eigenvalue weighted by Crippen LogP contribution is 2.37. The molecule has 3 aromatic rings. The SMILES string of the molecule is COc1cc(C=Nn2c(C3CCCCC3)nc3ccc(Br)cc3c2=O)cc(Br)c1OCC(C)(C)C. The van der Waals surface area contributed by atoms with Crippen LogP contribution in [0.25, 0.3) is 10.9 Å². The van der Waals surface area contributed by atoms with Crippen molar-refractivity contribution in [3.05, 3.63) is 61.0 Å². The normalized spacial score (nSPS) is 15.1. The molecular weight excluding hydrogens is 574 g/mol. The van der Waals surface area contributed by atoms with E-state index in [1.165, 1.54) is 11.1 Å². The minimum atomic E-state index is -0.163. The molecule has 8 heteroatoms. The van der Waals surface area contributed by atoms with Crippen molar-refractivity contribution in [3.63, 3.8) is 0 Å². The number of halogens is 2. The topological polar surface area (TPSA) is 65.7 Å². The second-order valence-electron chi connectivity index (χ2n) is 10.2. The van der Waals surface area contributed by atoms with Gasteiger partial charge in [0.15, 0.2) is 11.5 Å². The fraction of sp³-hybridized carbons (Fsp3) is 0.444. The fourth-order valence-electron chi connectivity index (χ4n) is 4.27. The van der Waals surface area contributed by atoms with Gasteiger partial charge in [-0.3, -0.25) is 4.79 Å². The van der Waals surface area contributed by atoms with Crippen LogP contribution in [0, 0.1) is 5.41 Å². The monoisotopic (exact) mass is 603 g/mol. The highest BCUT2D eigenvalue weighted by Gasteiger charge is 2.23. The van der Waals surface area contributed by atoms with E-state index in [0.717, 1.165) is 46.0 Å². The quantitative estimate of drug-likeness (QED) is 0.277. The highest BCUT2D eigenvalue weighted by molar-refractivity contribution is 9.10. The summed E-state index contributed by atoms with van der Waals surface area (Å²) in [6, 6.07) is 9.39. The molecule has 6 nitrogen and oxygen atoms in total. The standard InChI is InChI=1S/C27H31Br2N3O3/c1-27(2,3)16-35-24-21(29)12-17(13-23(24)34-4)15-30-32-25(18-8-6-5-7-9-18)31-22-11-10-19(28)14-20(22)26(32)33/h10-15,18H,5-9,16H2,1-4H3. The molecule has 0 bridgehead atoms. The van der Waals surface area contributed by atoms with Crippen LogP contribution < -0.4 is 15.0 Å². The zero-order chi connectivity index (χ0) is 25.2. The van der Waals surface area contributed by atoms with Gasteiger partial charge in [-0.05, 0) is 70.1 Å². The van der Waals surface area contributed by atoms with E-state index in [-0.39, 0.29) is 16.9 Å². The Kier molecular flexibility index (Phi) is 8.01. The van der Waals surface area contributed by atoms with Crippen LogP contribution in [0.15, 0.2) is 49.2 Å². The number of hydrogen-bond donors (Lipinski definition) is 0. The van der Waals surface area contributed by atoms with Crippen molar-refractivity contribution in [1.82, 2.24) is 9.66 Å². The van der Waals surface area contributed by atoms with Crippen LogP contribution in [0.2, 0.25) is 0 Å². The average Bonchev–Trinajstić information content (AvgIpc) is 2.82. The second-order valence-corrected chi connectivity index (χ2v) is 12.0. The molecule has 1 fully saturated rings. The van der Waals surface area contributed by atoms with Crippen molar-refractivity contribution in [1.29, 1.82) is 0 Å². The first kappa shape index (κ1) is 25.9. The molecule has 1 aromatic heterocycles. The summed E-state index contributed by atoms with van der Waals surface area (Å²) in [5.41, 5.74) is 1.34. The molecule has 35 heavy (non-hydrogen) atoms. The van der Waals surface area contributed by atoms with Crippen molar-refractivity contribution in [2.75, 3.05) is 13.7 Å². The van der Waals surface area contributed by atoms with E-state index in [1.807, 2.05) is 30.3 Å². The number of rotatable bonds is 6. The summed E-state index contributed by atoms with van der Waals surface area (Å²) in [6.07, 6.45) is 7.22. The van der Waals surface area contributed by atoms with Gasteiger partial charge in [-0.15, -0.1) is 0 Å². The number of aromatic nitrogens is 2. The van der Waals surface area contributed by atoms with Crippen LogP contribution in [0.1, 0.15) is 70.2 Å². The minimum absolute atomic E-state index is 0.0132. The smallest absolute Gasteiger partial charge is 0.282 e. The first-order chi connectivity index (χ1) is 16.7. The summed E-state index contributed by atoms with van der Waals surface area (Å²) >= 11 is 7.08. The van der Waals surface area contributed by atoms with Crippen molar-refractivity contribution in [2.24, 2.45) is 10.5 Å². The van der Waals surface area contributed by atoms with Crippen LogP contribution in [-0.4, -0.2) is 29.6 Å². The molecule has 0 aliphatic heterocycles. The molecule has 2 aromatic carbocycles. The zero-order valence-corrected chi connectivity index (χ0v) is 23.8. The second kappa shape index (κ2) is 10.8. The van der Waals surface area contributed by atoms with E-state index >= 15 is 0 Å². The molecule has 0 spiro atoms. The Balaban J connectivity index is 1.76. The van der Waals surface area contributed by atoms with Crippen LogP contribution in [0.3, 0.4) is 0 Å². The lowest BCUT2D eigenvalue weighted by atomic mass is 9.88. The predicted molar refractivity (Wildman–Crippen MR) is 148 cm³/mol. The lowest BCUT2D eigenvalue weighted by Crippen LogP contribution is -2.25. The maximum atomic E-state index is 13.5. The third kappa shape index (κ3) is 6.15. The first-order valence-electron chi connectivity index (χ1n) is 11.9. The van der Waals surface area contributed by atoms with Gasteiger partial charge in [0.2, 0.25) is 0 Å². The molecular formula is C27H31Br2N3O3. The minimum Gasteiger partial charge on any atom is -0.493 e. The molecule has 0 atom stereocenters. The summed E-state index contributed by atoms with van der Waals surface area (Å²) in [5, 5.41) is 5.19. The van der Waals surface area contributed by atoms with Gasteiger partial charge in [-0.2, -0.15) is 9.78 Å². The fourth-order valence-corrected chi connectivity index (χ4v) is 5.21. The van der Waals surface area contributed by atoms with E-state index in [2.05, 4.69) is 57.7 Å². The summed E-state index contributed by atoms with van der Waals surface area (Å²) in [7, 11) is 1.61. The van der Waals surface area contributed by atoms with Gasteiger partial charge in [0, 0.05) is 10.4 Å². The van der Waals surface area contributed by atoms with Gasteiger partial charge in [0.1, 0.15) is 5.82 Å². The van der Waals surface area contributed by atoms with Crippen molar-refractivity contribution < 1.29 is 9.47 Å². The third-order valence-corrected chi connectivity index (χ3v) is 7.11. The third-order valence-electron chi connectivity index (χ3n) is 6.03. The Morgan fingerprint density at radius 1 is 1.14 bits per heavy atom. The van der Waals surface area contributed by atoms with E-state index in [0.29, 0.717) is 29.0 Å². The molecule has 186 valence electrons. The molecule has 1 aliphatic carbocycles.